The van der Waals surface area contributed by atoms with Crippen molar-refractivity contribution in [2.24, 2.45) is 11.1 Å². The van der Waals surface area contributed by atoms with Crippen molar-refractivity contribution in [2.75, 3.05) is 6.61 Å². The lowest BCUT2D eigenvalue weighted by atomic mass is 10.1. The van der Waals surface area contributed by atoms with Crippen molar-refractivity contribution in [3.63, 3.8) is 0 Å². The number of hydrogen-bond donors (Lipinski definition) is 0. The number of rotatable bonds is 8. The summed E-state index contributed by atoms with van der Waals surface area (Å²) in [6.45, 7) is 1.92. The van der Waals surface area contributed by atoms with Crippen LogP contribution in [0.25, 0.3) is 0 Å². The lowest BCUT2D eigenvalue weighted by molar-refractivity contribution is -0.137. The van der Waals surface area contributed by atoms with Crippen LogP contribution in [0.5, 0.6) is 5.75 Å². The van der Waals surface area contributed by atoms with Gasteiger partial charge in [0.15, 0.2) is 5.78 Å². The molecule has 0 saturated heterocycles. The monoisotopic (exact) mass is 391 g/mol. The average molecular weight is 391 g/mol. The normalized spacial score (nSPS) is 14.6. The van der Waals surface area contributed by atoms with E-state index in [4.69, 9.17) is 9.57 Å². The van der Waals surface area contributed by atoms with Gasteiger partial charge in [0.25, 0.3) is 0 Å². The van der Waals surface area contributed by atoms with E-state index >= 15 is 0 Å². The molecule has 0 heterocycles. The van der Waals surface area contributed by atoms with Crippen LogP contribution in [-0.4, -0.2) is 18.1 Å². The van der Waals surface area contributed by atoms with Gasteiger partial charge < -0.3 is 9.57 Å². The van der Waals surface area contributed by atoms with E-state index in [-0.39, 0.29) is 24.9 Å². The van der Waals surface area contributed by atoms with Crippen LogP contribution >= 0.6 is 0 Å². The second kappa shape index (κ2) is 8.46. The third-order valence-corrected chi connectivity index (χ3v) is 4.40. The molecule has 0 amide bonds. The maximum atomic E-state index is 12.5. The average Bonchev–Trinajstić information content (AvgIpc) is 3.51. The molecule has 1 fully saturated rings. The molecule has 0 unspecified atom stereocenters. The molecule has 7 heteroatoms. The highest BCUT2D eigenvalue weighted by Gasteiger charge is 2.30. The summed E-state index contributed by atoms with van der Waals surface area (Å²) in [5.74, 6) is 0.921. The highest BCUT2D eigenvalue weighted by atomic mass is 19.4. The topological polar surface area (TPSA) is 47.9 Å². The van der Waals surface area contributed by atoms with Crippen molar-refractivity contribution in [3.05, 3.63) is 65.2 Å². The quantitative estimate of drug-likeness (QED) is 0.470. The number of Topliss-reactive ketones (excluding diaryl/α,β-unsaturated/α-hetero) is 1. The molecule has 1 aliphatic rings. The molecule has 1 saturated carbocycles. The molecular formula is C21H20F3NO3. The summed E-state index contributed by atoms with van der Waals surface area (Å²) in [5, 5.41) is 4.00. The van der Waals surface area contributed by atoms with Gasteiger partial charge in [0.2, 0.25) is 0 Å². The van der Waals surface area contributed by atoms with Gasteiger partial charge in [-0.1, -0.05) is 17.3 Å². The molecule has 148 valence electrons. The third kappa shape index (κ3) is 5.58. The van der Waals surface area contributed by atoms with Crippen LogP contribution in [0.4, 0.5) is 13.2 Å². The first-order chi connectivity index (χ1) is 13.3. The molecule has 0 N–H and O–H groups in total. The minimum atomic E-state index is -4.35. The zero-order valence-corrected chi connectivity index (χ0v) is 15.3. The number of carbonyl (C=O) groups is 1. The smallest absolute Gasteiger partial charge is 0.416 e. The standard InChI is InChI=1S/C21H20F3NO3/c1-14(25-28-12-15-2-8-18(9-3-15)21(22,23)24)16-6-10-19(11-7-16)27-13-20(26)17-4-5-17/h2-3,6-11,17H,4-5,12-13H2,1H3. The number of halogens is 3. The van der Waals surface area contributed by atoms with Crippen molar-refractivity contribution >= 4 is 11.5 Å². The van der Waals surface area contributed by atoms with Crippen molar-refractivity contribution in [1.82, 2.24) is 0 Å². The number of nitrogens with zero attached hydrogens (tertiary/aromatic N) is 1. The molecule has 0 radical (unpaired) electrons. The predicted octanol–water partition coefficient (Wildman–Crippen LogP) is 5.00. The van der Waals surface area contributed by atoms with E-state index in [0.29, 0.717) is 17.0 Å². The fourth-order valence-corrected chi connectivity index (χ4v) is 2.52. The van der Waals surface area contributed by atoms with Gasteiger partial charge in [0.05, 0.1) is 11.3 Å². The Labute approximate surface area is 161 Å². The lowest BCUT2D eigenvalue weighted by Gasteiger charge is -2.08. The Morgan fingerprint density at radius 2 is 1.71 bits per heavy atom. The van der Waals surface area contributed by atoms with Crippen LogP contribution in [0.1, 0.15) is 36.5 Å². The summed E-state index contributed by atoms with van der Waals surface area (Å²) in [6.07, 6.45) is -2.43. The molecule has 2 aromatic rings. The summed E-state index contributed by atoms with van der Waals surface area (Å²) in [6, 6.07) is 11.9. The summed E-state index contributed by atoms with van der Waals surface area (Å²) < 4.78 is 43.1. The zero-order chi connectivity index (χ0) is 20.1. The summed E-state index contributed by atoms with van der Waals surface area (Å²) >= 11 is 0. The van der Waals surface area contributed by atoms with Gasteiger partial charge in [-0.15, -0.1) is 0 Å². The number of ether oxygens (including phenoxy) is 1. The van der Waals surface area contributed by atoms with E-state index in [2.05, 4.69) is 5.16 Å². The minimum Gasteiger partial charge on any atom is -0.486 e. The maximum absolute atomic E-state index is 12.5. The summed E-state index contributed by atoms with van der Waals surface area (Å²) in [7, 11) is 0. The number of carbonyl (C=O) groups excluding carboxylic acids is 1. The van der Waals surface area contributed by atoms with Crippen molar-refractivity contribution in [3.8, 4) is 5.75 Å². The van der Waals surface area contributed by atoms with Gasteiger partial charge in [-0.2, -0.15) is 13.2 Å². The fourth-order valence-electron chi connectivity index (χ4n) is 2.52. The van der Waals surface area contributed by atoms with Gasteiger partial charge in [0, 0.05) is 5.92 Å². The first kappa shape index (κ1) is 19.9. The molecule has 4 nitrogen and oxygen atoms in total. The Balaban J connectivity index is 1.49. The van der Waals surface area contributed by atoms with Crippen molar-refractivity contribution in [2.45, 2.75) is 32.5 Å². The number of alkyl halides is 3. The van der Waals surface area contributed by atoms with E-state index < -0.39 is 11.7 Å². The van der Waals surface area contributed by atoms with Crippen LogP contribution in [0.2, 0.25) is 0 Å². The minimum absolute atomic E-state index is 0.0694. The van der Waals surface area contributed by atoms with E-state index in [1.165, 1.54) is 12.1 Å². The second-order valence-corrected chi connectivity index (χ2v) is 6.70. The SMILES string of the molecule is CC(=NOCc1ccc(C(F)(F)F)cc1)c1ccc(OCC(=O)C2CC2)cc1. The van der Waals surface area contributed by atoms with E-state index in [0.717, 1.165) is 30.5 Å². The number of ketones is 1. The van der Waals surface area contributed by atoms with Gasteiger partial charge in [-0.05, 0) is 67.3 Å². The zero-order valence-electron chi connectivity index (χ0n) is 15.3. The Morgan fingerprint density at radius 3 is 2.29 bits per heavy atom. The number of hydrogen-bond acceptors (Lipinski definition) is 4. The Morgan fingerprint density at radius 1 is 1.07 bits per heavy atom. The van der Waals surface area contributed by atoms with Crippen LogP contribution in [0.15, 0.2) is 53.7 Å². The number of benzene rings is 2. The number of oxime groups is 1. The van der Waals surface area contributed by atoms with Crippen LogP contribution < -0.4 is 4.74 Å². The second-order valence-electron chi connectivity index (χ2n) is 6.70. The maximum Gasteiger partial charge on any atom is 0.416 e. The molecule has 0 aliphatic heterocycles. The van der Waals surface area contributed by atoms with E-state index in [9.17, 15) is 18.0 Å². The van der Waals surface area contributed by atoms with Gasteiger partial charge in [0.1, 0.15) is 19.0 Å². The predicted molar refractivity (Wildman–Crippen MR) is 98.1 cm³/mol. The molecule has 3 rings (SSSR count). The van der Waals surface area contributed by atoms with Crippen molar-refractivity contribution < 1.29 is 27.5 Å². The van der Waals surface area contributed by atoms with Crippen LogP contribution in [0, 0.1) is 5.92 Å². The van der Waals surface area contributed by atoms with Crippen LogP contribution in [-0.2, 0) is 22.4 Å². The first-order valence-electron chi connectivity index (χ1n) is 8.91. The van der Waals surface area contributed by atoms with Gasteiger partial charge in [-0.3, -0.25) is 4.79 Å². The molecule has 0 bridgehead atoms. The molecule has 1 aliphatic carbocycles. The van der Waals surface area contributed by atoms with Crippen molar-refractivity contribution in [1.29, 1.82) is 0 Å². The van der Waals surface area contributed by atoms with Gasteiger partial charge >= 0.3 is 6.18 Å². The lowest BCUT2D eigenvalue weighted by Crippen LogP contribution is -2.12. The largest absolute Gasteiger partial charge is 0.486 e. The van der Waals surface area contributed by atoms with E-state index in [1.807, 2.05) is 0 Å². The first-order valence-corrected chi connectivity index (χ1v) is 8.91. The highest BCUT2D eigenvalue weighted by Crippen LogP contribution is 2.30. The summed E-state index contributed by atoms with van der Waals surface area (Å²) in [5.41, 5.74) is 1.33. The van der Waals surface area contributed by atoms with Gasteiger partial charge in [-0.25, -0.2) is 0 Å². The highest BCUT2D eigenvalue weighted by molar-refractivity contribution is 5.98. The Bertz CT molecular complexity index is 839. The molecule has 0 atom stereocenters. The molecular weight excluding hydrogens is 371 g/mol. The molecule has 0 spiro atoms. The van der Waals surface area contributed by atoms with Crippen LogP contribution in [0.3, 0.4) is 0 Å². The Hall–Kier alpha value is -2.83. The fraction of sp³-hybridized carbons (Fsp3) is 0.333. The molecule has 28 heavy (non-hydrogen) atoms. The third-order valence-electron chi connectivity index (χ3n) is 4.40. The summed E-state index contributed by atoms with van der Waals surface area (Å²) in [4.78, 5) is 16.9. The molecule has 0 aromatic heterocycles. The van der Waals surface area contributed by atoms with E-state index in [1.54, 1.807) is 31.2 Å². The molecule has 2 aromatic carbocycles. The Kier molecular flexibility index (Phi) is 6.02.